The lowest BCUT2D eigenvalue weighted by Gasteiger charge is -2.16. The third-order valence-corrected chi connectivity index (χ3v) is 6.72. The van der Waals surface area contributed by atoms with Gasteiger partial charge in [0.2, 0.25) is 0 Å². The third kappa shape index (κ3) is 5.08. The summed E-state index contributed by atoms with van der Waals surface area (Å²) in [4.78, 5) is 17.6. The zero-order valence-corrected chi connectivity index (χ0v) is 21.0. The standard InChI is InChI=1S/C32H31N3O/c1-22(2)27-10-7-11-28(18-27)23(3)34-32(36)29-16-17-31-30(19-29)33-21-35(31)20-24-12-14-26(15-13-24)25-8-5-4-6-9-25/h4-19,21-23H,20H2,1-3H3,(H,34,36)/t23-/m0/s1. The first kappa shape index (κ1) is 23.6. The summed E-state index contributed by atoms with van der Waals surface area (Å²) in [5.74, 6) is 0.359. The number of carbonyl (C=O) groups is 1. The van der Waals surface area contributed by atoms with E-state index < -0.39 is 0 Å². The molecular weight excluding hydrogens is 442 g/mol. The summed E-state index contributed by atoms with van der Waals surface area (Å²) in [6.45, 7) is 7.10. The van der Waals surface area contributed by atoms with Crippen molar-refractivity contribution in [2.45, 2.75) is 39.3 Å². The fourth-order valence-electron chi connectivity index (χ4n) is 4.51. The second-order valence-corrected chi connectivity index (χ2v) is 9.66. The smallest absolute Gasteiger partial charge is 0.251 e. The van der Waals surface area contributed by atoms with Gasteiger partial charge in [-0.05, 0) is 58.9 Å². The molecule has 4 heteroatoms. The fraction of sp³-hybridized carbons (Fsp3) is 0.188. The van der Waals surface area contributed by atoms with E-state index in [2.05, 4.69) is 102 Å². The van der Waals surface area contributed by atoms with Crippen molar-refractivity contribution in [2.75, 3.05) is 0 Å². The zero-order chi connectivity index (χ0) is 25.1. The van der Waals surface area contributed by atoms with Gasteiger partial charge < -0.3 is 9.88 Å². The van der Waals surface area contributed by atoms with Crippen molar-refractivity contribution in [3.8, 4) is 11.1 Å². The molecule has 0 saturated carbocycles. The summed E-state index contributed by atoms with van der Waals surface area (Å²) in [5, 5.41) is 3.14. The van der Waals surface area contributed by atoms with E-state index in [9.17, 15) is 4.79 Å². The number of hydrogen-bond donors (Lipinski definition) is 1. The largest absolute Gasteiger partial charge is 0.346 e. The SMILES string of the molecule is CC(C)c1cccc([C@H](C)NC(=O)c2ccc3c(c2)ncn3Cc2ccc(-c3ccccc3)cc2)c1. The molecule has 4 nitrogen and oxygen atoms in total. The van der Waals surface area contributed by atoms with Gasteiger partial charge in [0.1, 0.15) is 0 Å². The number of aromatic nitrogens is 2. The molecule has 0 aliphatic carbocycles. The molecule has 1 aromatic heterocycles. The van der Waals surface area contributed by atoms with Crippen LogP contribution in [0.3, 0.4) is 0 Å². The Hall–Kier alpha value is -4.18. The van der Waals surface area contributed by atoms with E-state index in [1.807, 2.05) is 37.5 Å². The highest BCUT2D eigenvalue weighted by Crippen LogP contribution is 2.23. The van der Waals surface area contributed by atoms with E-state index in [1.165, 1.54) is 22.3 Å². The number of rotatable bonds is 7. The number of carbonyl (C=O) groups excluding carboxylic acids is 1. The number of fused-ring (bicyclic) bond motifs is 1. The van der Waals surface area contributed by atoms with Crippen LogP contribution < -0.4 is 5.32 Å². The van der Waals surface area contributed by atoms with Gasteiger partial charge in [-0.15, -0.1) is 0 Å². The average molecular weight is 474 g/mol. The van der Waals surface area contributed by atoms with Gasteiger partial charge in [-0.25, -0.2) is 4.98 Å². The normalized spacial score (nSPS) is 12.1. The molecule has 0 bridgehead atoms. The second kappa shape index (κ2) is 10.2. The summed E-state index contributed by atoms with van der Waals surface area (Å²) < 4.78 is 2.12. The maximum atomic E-state index is 13.0. The monoisotopic (exact) mass is 473 g/mol. The molecule has 5 aromatic rings. The second-order valence-electron chi connectivity index (χ2n) is 9.66. The predicted octanol–water partition coefficient (Wildman–Crippen LogP) is 7.37. The highest BCUT2D eigenvalue weighted by molar-refractivity contribution is 5.97. The van der Waals surface area contributed by atoms with Crippen LogP contribution in [-0.2, 0) is 6.54 Å². The van der Waals surface area contributed by atoms with Gasteiger partial charge in [0.15, 0.2) is 0 Å². The molecule has 0 aliphatic rings. The van der Waals surface area contributed by atoms with Crippen LogP contribution in [0.5, 0.6) is 0 Å². The first-order chi connectivity index (χ1) is 17.5. The highest BCUT2D eigenvalue weighted by Gasteiger charge is 2.14. The third-order valence-electron chi connectivity index (χ3n) is 6.72. The molecule has 4 aromatic carbocycles. The Morgan fingerprint density at radius 1 is 0.806 bits per heavy atom. The summed E-state index contributed by atoms with van der Waals surface area (Å²) in [6, 6.07) is 33.1. The van der Waals surface area contributed by atoms with Crippen LogP contribution in [0, 0.1) is 0 Å². The Kier molecular flexibility index (Phi) is 6.68. The van der Waals surface area contributed by atoms with Crippen molar-refractivity contribution in [3.63, 3.8) is 0 Å². The van der Waals surface area contributed by atoms with Gasteiger partial charge in [0.25, 0.3) is 5.91 Å². The topological polar surface area (TPSA) is 46.9 Å². The van der Waals surface area contributed by atoms with Gasteiger partial charge in [0, 0.05) is 12.1 Å². The molecular formula is C32H31N3O. The van der Waals surface area contributed by atoms with Crippen LogP contribution in [0.15, 0.2) is 103 Å². The van der Waals surface area contributed by atoms with E-state index in [0.717, 1.165) is 23.1 Å². The number of amides is 1. The Morgan fingerprint density at radius 3 is 2.28 bits per heavy atom. The van der Waals surface area contributed by atoms with Crippen LogP contribution in [0.1, 0.15) is 59.8 Å². The first-order valence-electron chi connectivity index (χ1n) is 12.5. The molecule has 1 heterocycles. The molecule has 36 heavy (non-hydrogen) atoms. The molecule has 0 radical (unpaired) electrons. The summed E-state index contributed by atoms with van der Waals surface area (Å²) >= 11 is 0. The van der Waals surface area contributed by atoms with E-state index in [-0.39, 0.29) is 11.9 Å². The van der Waals surface area contributed by atoms with Gasteiger partial charge in [-0.3, -0.25) is 4.79 Å². The van der Waals surface area contributed by atoms with Gasteiger partial charge in [0.05, 0.1) is 23.4 Å². The summed E-state index contributed by atoms with van der Waals surface area (Å²) in [7, 11) is 0. The van der Waals surface area contributed by atoms with Crippen LogP contribution in [-0.4, -0.2) is 15.5 Å². The lowest BCUT2D eigenvalue weighted by Crippen LogP contribution is -2.26. The van der Waals surface area contributed by atoms with E-state index in [4.69, 9.17) is 0 Å². The van der Waals surface area contributed by atoms with Gasteiger partial charge >= 0.3 is 0 Å². The van der Waals surface area contributed by atoms with Crippen molar-refractivity contribution in [1.82, 2.24) is 14.9 Å². The van der Waals surface area contributed by atoms with Crippen molar-refractivity contribution < 1.29 is 4.79 Å². The van der Waals surface area contributed by atoms with Crippen LogP contribution in [0.25, 0.3) is 22.2 Å². The molecule has 0 spiro atoms. The number of imidazole rings is 1. The van der Waals surface area contributed by atoms with Crippen LogP contribution in [0.4, 0.5) is 0 Å². The highest BCUT2D eigenvalue weighted by atomic mass is 16.1. The Labute approximate surface area is 212 Å². The minimum Gasteiger partial charge on any atom is -0.346 e. The molecule has 0 fully saturated rings. The average Bonchev–Trinajstić information content (AvgIpc) is 3.31. The minimum atomic E-state index is -0.0922. The molecule has 0 saturated heterocycles. The first-order valence-corrected chi connectivity index (χ1v) is 12.5. The Balaban J connectivity index is 1.29. The summed E-state index contributed by atoms with van der Waals surface area (Å²) in [5.41, 5.74) is 8.45. The van der Waals surface area contributed by atoms with Crippen LogP contribution >= 0.6 is 0 Å². The van der Waals surface area contributed by atoms with Crippen molar-refractivity contribution >= 4 is 16.9 Å². The Bertz CT molecular complexity index is 1480. The fourth-order valence-corrected chi connectivity index (χ4v) is 4.51. The molecule has 0 unspecified atom stereocenters. The van der Waals surface area contributed by atoms with E-state index in [0.29, 0.717) is 11.5 Å². The van der Waals surface area contributed by atoms with E-state index in [1.54, 1.807) is 0 Å². The molecule has 0 aliphatic heterocycles. The lowest BCUT2D eigenvalue weighted by atomic mass is 9.98. The zero-order valence-electron chi connectivity index (χ0n) is 21.0. The summed E-state index contributed by atoms with van der Waals surface area (Å²) in [6.07, 6.45) is 1.84. The van der Waals surface area contributed by atoms with E-state index >= 15 is 0 Å². The van der Waals surface area contributed by atoms with Crippen molar-refractivity contribution in [2.24, 2.45) is 0 Å². The predicted molar refractivity (Wildman–Crippen MR) is 147 cm³/mol. The van der Waals surface area contributed by atoms with Crippen molar-refractivity contribution in [3.05, 3.63) is 126 Å². The lowest BCUT2D eigenvalue weighted by molar-refractivity contribution is 0.0940. The Morgan fingerprint density at radius 2 is 1.53 bits per heavy atom. The van der Waals surface area contributed by atoms with Crippen LogP contribution in [0.2, 0.25) is 0 Å². The number of nitrogens with zero attached hydrogens (tertiary/aromatic N) is 2. The number of benzene rings is 4. The molecule has 180 valence electrons. The molecule has 1 atom stereocenters. The quantitative estimate of drug-likeness (QED) is 0.268. The molecule has 1 N–H and O–H groups in total. The molecule has 1 amide bonds. The van der Waals surface area contributed by atoms with Gasteiger partial charge in [-0.1, -0.05) is 92.7 Å². The van der Waals surface area contributed by atoms with Crippen molar-refractivity contribution in [1.29, 1.82) is 0 Å². The number of hydrogen-bond acceptors (Lipinski definition) is 2. The van der Waals surface area contributed by atoms with Gasteiger partial charge in [-0.2, -0.15) is 0 Å². The molecule has 5 rings (SSSR count). The maximum absolute atomic E-state index is 13.0. The minimum absolute atomic E-state index is 0.0803. The number of nitrogens with one attached hydrogen (secondary N) is 1. The maximum Gasteiger partial charge on any atom is 0.251 e.